The zero-order valence-electron chi connectivity index (χ0n) is 9.74. The molecule has 19 heavy (non-hydrogen) atoms. The number of dihydropyridines is 1. The van der Waals surface area contributed by atoms with Crippen LogP contribution in [-0.2, 0) is 14.3 Å². The number of hydrogen-bond acceptors (Lipinski definition) is 4. The van der Waals surface area contributed by atoms with Crippen LogP contribution >= 0.6 is 0 Å². The van der Waals surface area contributed by atoms with Crippen molar-refractivity contribution >= 4 is 5.97 Å². The molecule has 0 aromatic carbocycles. The van der Waals surface area contributed by atoms with Gasteiger partial charge in [-0.25, -0.2) is 9.53 Å². The topological polar surface area (TPSA) is 67.8 Å². The van der Waals surface area contributed by atoms with E-state index in [0.29, 0.717) is 0 Å². The summed E-state index contributed by atoms with van der Waals surface area (Å²) < 4.78 is 46.2. The van der Waals surface area contributed by atoms with E-state index < -0.39 is 23.9 Å². The van der Waals surface area contributed by atoms with Crippen LogP contribution in [-0.4, -0.2) is 30.0 Å². The van der Waals surface area contributed by atoms with Crippen LogP contribution in [0.5, 0.6) is 0 Å². The molecule has 2 rings (SSSR count). The number of rotatable bonds is 5. The molecule has 0 spiro atoms. The molecule has 0 aromatic rings. The Hall–Kier alpha value is -1.54. The lowest BCUT2D eigenvalue weighted by molar-refractivity contribution is -0.410. The normalized spacial score (nSPS) is 26.8. The molecular weight excluding hydrogens is 267 g/mol. The van der Waals surface area contributed by atoms with Crippen LogP contribution in [0.2, 0.25) is 0 Å². The average molecular weight is 279 g/mol. The molecular formula is C11H12F3NO4. The van der Waals surface area contributed by atoms with Crippen LogP contribution in [0.25, 0.3) is 0 Å². The van der Waals surface area contributed by atoms with Crippen LogP contribution in [0.15, 0.2) is 23.9 Å². The number of alkyl halides is 3. The maximum atomic E-state index is 12.4. The minimum absolute atomic E-state index is 0.0698. The monoisotopic (exact) mass is 279 g/mol. The Morgan fingerprint density at radius 3 is 2.74 bits per heavy atom. The second-order valence-corrected chi connectivity index (χ2v) is 4.34. The first-order valence-electron chi connectivity index (χ1n) is 5.61. The van der Waals surface area contributed by atoms with Crippen LogP contribution in [0, 0.1) is 5.92 Å². The Morgan fingerprint density at radius 1 is 1.53 bits per heavy atom. The van der Waals surface area contributed by atoms with Gasteiger partial charge in [0, 0.05) is 0 Å². The highest BCUT2D eigenvalue weighted by Crippen LogP contribution is 2.33. The van der Waals surface area contributed by atoms with Gasteiger partial charge >= 0.3 is 12.3 Å². The Morgan fingerprint density at radius 2 is 2.21 bits per heavy atom. The maximum Gasteiger partial charge on any atom is 0.526 e. The highest BCUT2D eigenvalue weighted by atomic mass is 19.4. The molecule has 1 atom stereocenters. The number of nitrogens with one attached hydrogen (secondary N) is 1. The molecule has 1 heterocycles. The number of allylic oxidation sites excluding steroid dienone is 2. The molecule has 2 N–H and O–H groups in total. The van der Waals surface area contributed by atoms with Crippen LogP contribution < -0.4 is 5.32 Å². The second-order valence-electron chi connectivity index (χ2n) is 4.34. The smallest absolute Gasteiger partial charge is 0.477 e. The van der Waals surface area contributed by atoms with Crippen LogP contribution in [0.4, 0.5) is 13.2 Å². The summed E-state index contributed by atoms with van der Waals surface area (Å²) in [6, 6.07) is 0. The van der Waals surface area contributed by atoms with Crippen molar-refractivity contribution in [1.82, 2.24) is 5.32 Å². The van der Waals surface area contributed by atoms with E-state index in [4.69, 9.17) is 9.84 Å². The number of aliphatic carboxylic acids is 1. The van der Waals surface area contributed by atoms with Crippen molar-refractivity contribution in [3.05, 3.63) is 23.9 Å². The maximum absolute atomic E-state index is 12.4. The van der Waals surface area contributed by atoms with Gasteiger partial charge in [0.2, 0.25) is 0 Å². The third-order valence-electron chi connectivity index (χ3n) is 2.62. The largest absolute Gasteiger partial charge is 0.526 e. The molecule has 5 nitrogen and oxygen atoms in total. The Kier molecular flexibility index (Phi) is 3.55. The van der Waals surface area contributed by atoms with E-state index in [-0.39, 0.29) is 12.5 Å². The fraction of sp³-hybridized carbons (Fsp3) is 0.545. The van der Waals surface area contributed by atoms with E-state index in [9.17, 15) is 18.0 Å². The molecule has 1 fully saturated rings. The van der Waals surface area contributed by atoms with Crippen molar-refractivity contribution in [3.63, 3.8) is 0 Å². The fourth-order valence-electron chi connectivity index (χ4n) is 1.54. The Balaban J connectivity index is 2.12. The summed E-state index contributed by atoms with van der Waals surface area (Å²) in [5.74, 6) is -3.51. The summed E-state index contributed by atoms with van der Waals surface area (Å²) in [5.41, 5.74) is -0.428. The predicted molar refractivity (Wildman–Crippen MR) is 56.5 cm³/mol. The number of carbonyl (C=O) groups is 1. The Labute approximate surface area is 106 Å². The SMILES string of the molecule is O=C(O)C1=CC=CC(OCC2CC2)(OC(F)(F)F)N1. The summed E-state index contributed by atoms with van der Waals surface area (Å²) >= 11 is 0. The lowest BCUT2D eigenvalue weighted by atomic mass is 10.2. The Bertz CT molecular complexity index is 428. The van der Waals surface area contributed by atoms with Gasteiger partial charge in [-0.3, -0.25) is 0 Å². The van der Waals surface area contributed by atoms with Gasteiger partial charge in [-0.15, -0.1) is 13.2 Å². The van der Waals surface area contributed by atoms with Gasteiger partial charge in [0.15, 0.2) is 0 Å². The van der Waals surface area contributed by atoms with Crippen molar-refractivity contribution in [2.45, 2.75) is 25.1 Å². The third kappa shape index (κ3) is 3.97. The zero-order chi connectivity index (χ0) is 14.1. The molecule has 1 saturated carbocycles. The van der Waals surface area contributed by atoms with Gasteiger partial charge in [0.25, 0.3) is 5.91 Å². The summed E-state index contributed by atoms with van der Waals surface area (Å²) in [7, 11) is 0. The molecule has 1 unspecified atom stereocenters. The summed E-state index contributed by atoms with van der Waals surface area (Å²) in [6.07, 6.45) is 0.0808. The first-order chi connectivity index (χ1) is 8.80. The summed E-state index contributed by atoms with van der Waals surface area (Å²) in [6.45, 7) is 0.0698. The van der Waals surface area contributed by atoms with E-state index in [2.05, 4.69) is 10.1 Å². The van der Waals surface area contributed by atoms with Gasteiger partial charge in [-0.1, -0.05) is 6.08 Å². The second kappa shape index (κ2) is 4.86. The van der Waals surface area contributed by atoms with Gasteiger partial charge in [-0.05, 0) is 30.9 Å². The van der Waals surface area contributed by atoms with E-state index in [0.717, 1.165) is 31.1 Å². The number of halogens is 3. The molecule has 0 radical (unpaired) electrons. The van der Waals surface area contributed by atoms with E-state index >= 15 is 0 Å². The lowest BCUT2D eigenvalue weighted by Crippen LogP contribution is -2.53. The van der Waals surface area contributed by atoms with E-state index in [1.807, 2.05) is 0 Å². The molecule has 0 bridgehead atoms. The lowest BCUT2D eigenvalue weighted by Gasteiger charge is -2.34. The van der Waals surface area contributed by atoms with Gasteiger partial charge in [0.1, 0.15) is 5.70 Å². The molecule has 0 saturated heterocycles. The molecule has 2 aliphatic rings. The molecule has 1 aliphatic carbocycles. The van der Waals surface area contributed by atoms with Crippen LogP contribution in [0.1, 0.15) is 12.8 Å². The molecule has 0 amide bonds. The highest BCUT2D eigenvalue weighted by Gasteiger charge is 2.46. The average Bonchev–Trinajstić information content (AvgIpc) is 3.08. The van der Waals surface area contributed by atoms with Crippen molar-refractivity contribution in [2.24, 2.45) is 5.92 Å². The van der Waals surface area contributed by atoms with Gasteiger partial charge in [0.05, 0.1) is 6.61 Å². The predicted octanol–water partition coefficient (Wildman–Crippen LogP) is 1.73. The van der Waals surface area contributed by atoms with E-state index in [1.54, 1.807) is 0 Å². The molecule has 1 aliphatic heterocycles. The minimum Gasteiger partial charge on any atom is -0.477 e. The number of ether oxygens (including phenoxy) is 2. The first kappa shape index (κ1) is 13.9. The van der Waals surface area contributed by atoms with Gasteiger partial charge < -0.3 is 15.2 Å². The minimum atomic E-state index is -4.96. The standard InChI is InChI=1S/C11H12F3NO4/c12-11(13,14)19-10(18-6-7-3-4-7)5-1-2-8(15-10)9(16)17/h1-2,5,7,15H,3-4,6H2,(H,16,17). The number of carboxylic acid groups (broad SMARTS) is 1. The molecule has 0 aromatic heterocycles. The van der Waals surface area contributed by atoms with Crippen molar-refractivity contribution in [2.75, 3.05) is 6.61 Å². The summed E-state index contributed by atoms with van der Waals surface area (Å²) in [5, 5.41) is 10.9. The highest BCUT2D eigenvalue weighted by molar-refractivity contribution is 5.86. The zero-order valence-corrected chi connectivity index (χ0v) is 9.74. The number of hydrogen-bond donors (Lipinski definition) is 2. The summed E-state index contributed by atoms with van der Waals surface area (Å²) in [4.78, 5) is 10.8. The number of carboxylic acids is 1. The quantitative estimate of drug-likeness (QED) is 0.750. The third-order valence-corrected chi connectivity index (χ3v) is 2.62. The van der Waals surface area contributed by atoms with Crippen molar-refractivity contribution < 1.29 is 32.5 Å². The van der Waals surface area contributed by atoms with Crippen molar-refractivity contribution in [1.29, 1.82) is 0 Å². The molecule has 8 heteroatoms. The fourth-order valence-corrected chi connectivity index (χ4v) is 1.54. The van der Waals surface area contributed by atoms with Crippen molar-refractivity contribution in [3.8, 4) is 0 Å². The van der Waals surface area contributed by atoms with Crippen LogP contribution in [0.3, 0.4) is 0 Å². The van der Waals surface area contributed by atoms with E-state index in [1.165, 1.54) is 0 Å². The molecule has 106 valence electrons. The van der Waals surface area contributed by atoms with Gasteiger partial charge in [-0.2, -0.15) is 0 Å². The first-order valence-corrected chi connectivity index (χ1v) is 5.61.